The van der Waals surface area contributed by atoms with E-state index in [1.807, 2.05) is 6.92 Å². The molecule has 1 rings (SSSR count). The molecule has 1 fully saturated rings. The third kappa shape index (κ3) is 2.42. The zero-order valence-electron chi connectivity index (χ0n) is 8.30. The fraction of sp³-hybridized carbons (Fsp3) is 0.889. The maximum absolute atomic E-state index is 11.3. The number of carbonyl (C=O) groups is 1. The van der Waals surface area contributed by atoms with Crippen LogP contribution in [0.25, 0.3) is 0 Å². The van der Waals surface area contributed by atoms with E-state index in [9.17, 15) is 4.79 Å². The van der Waals surface area contributed by atoms with Crippen molar-refractivity contribution in [1.29, 1.82) is 0 Å². The summed E-state index contributed by atoms with van der Waals surface area (Å²) in [7, 11) is 4.40. The van der Waals surface area contributed by atoms with Crippen molar-refractivity contribution in [3.63, 3.8) is 0 Å². The van der Waals surface area contributed by atoms with Crippen LogP contribution in [0.2, 0.25) is 0 Å². The van der Waals surface area contributed by atoms with Gasteiger partial charge in [0.25, 0.3) is 0 Å². The van der Waals surface area contributed by atoms with E-state index in [0.29, 0.717) is 11.8 Å². The average molecular weight is 283 g/mol. The standard InChI is InChI=1S/C9H18NO.HI/c1-7-6-10(3,4)8(2)5-9(7)11;/h7-8H,5-6H2,1-4H3;1H/q+1;/p-1. The van der Waals surface area contributed by atoms with E-state index in [1.165, 1.54) is 0 Å². The Balaban J connectivity index is 0.00000121. The van der Waals surface area contributed by atoms with Gasteiger partial charge in [0.15, 0.2) is 0 Å². The Bertz CT molecular complexity index is 179. The summed E-state index contributed by atoms with van der Waals surface area (Å²) in [6.07, 6.45) is 0.758. The van der Waals surface area contributed by atoms with Crippen LogP contribution in [0.15, 0.2) is 0 Å². The van der Waals surface area contributed by atoms with Crippen molar-refractivity contribution in [2.24, 2.45) is 5.92 Å². The molecule has 1 aliphatic rings. The van der Waals surface area contributed by atoms with Crippen LogP contribution in [0.4, 0.5) is 0 Å². The van der Waals surface area contributed by atoms with Gasteiger partial charge in [-0.25, -0.2) is 0 Å². The molecule has 0 aromatic rings. The van der Waals surface area contributed by atoms with Crippen LogP contribution >= 0.6 is 0 Å². The Morgan fingerprint density at radius 1 is 1.33 bits per heavy atom. The summed E-state index contributed by atoms with van der Waals surface area (Å²) in [6.45, 7) is 5.19. The number of hydrogen-bond acceptors (Lipinski definition) is 1. The Hall–Kier alpha value is 0.360. The molecule has 2 nitrogen and oxygen atoms in total. The van der Waals surface area contributed by atoms with Crippen molar-refractivity contribution in [3.8, 4) is 0 Å². The second kappa shape index (κ2) is 4.05. The summed E-state index contributed by atoms with van der Waals surface area (Å²) in [5.41, 5.74) is 0. The molecule has 12 heavy (non-hydrogen) atoms. The van der Waals surface area contributed by atoms with Crippen LogP contribution < -0.4 is 24.0 Å². The minimum Gasteiger partial charge on any atom is -1.00 e. The molecule has 0 bridgehead atoms. The maximum Gasteiger partial charge on any atom is 0.147 e. The minimum absolute atomic E-state index is 0. The molecule has 72 valence electrons. The highest BCUT2D eigenvalue weighted by Crippen LogP contribution is 2.22. The van der Waals surface area contributed by atoms with E-state index in [0.717, 1.165) is 17.4 Å². The highest BCUT2D eigenvalue weighted by molar-refractivity contribution is 5.81. The Morgan fingerprint density at radius 2 is 1.83 bits per heavy atom. The van der Waals surface area contributed by atoms with Gasteiger partial charge in [0.1, 0.15) is 5.78 Å². The first-order chi connectivity index (χ1) is 4.93. The lowest BCUT2D eigenvalue weighted by Crippen LogP contribution is -3.00. The predicted molar refractivity (Wildman–Crippen MR) is 45.2 cm³/mol. The Morgan fingerprint density at radius 3 is 2.25 bits per heavy atom. The number of likely N-dealkylation sites (tertiary alicyclic amines) is 1. The third-order valence-electron chi connectivity index (χ3n) is 2.98. The lowest BCUT2D eigenvalue weighted by atomic mass is 9.92. The van der Waals surface area contributed by atoms with Gasteiger partial charge in [-0.1, -0.05) is 6.92 Å². The SMILES string of the molecule is CC1C[N+](C)(C)C(C)CC1=O.[I-]. The van der Waals surface area contributed by atoms with Gasteiger partial charge in [-0.05, 0) is 6.92 Å². The number of rotatable bonds is 0. The Labute approximate surface area is 91.9 Å². The molecule has 0 saturated carbocycles. The van der Waals surface area contributed by atoms with Crippen LogP contribution in [0, 0.1) is 5.92 Å². The fourth-order valence-corrected chi connectivity index (χ4v) is 1.73. The molecule has 1 aliphatic heterocycles. The van der Waals surface area contributed by atoms with Gasteiger partial charge in [-0.3, -0.25) is 4.79 Å². The number of ketones is 1. The normalized spacial score (nSPS) is 34.2. The van der Waals surface area contributed by atoms with Crippen molar-refractivity contribution < 1.29 is 33.3 Å². The summed E-state index contributed by atoms with van der Waals surface area (Å²) in [6, 6.07) is 0.499. The number of halogens is 1. The molecule has 0 N–H and O–H groups in total. The molecule has 0 aliphatic carbocycles. The smallest absolute Gasteiger partial charge is 0.147 e. The van der Waals surface area contributed by atoms with Gasteiger partial charge < -0.3 is 28.5 Å². The molecule has 2 unspecified atom stereocenters. The van der Waals surface area contributed by atoms with E-state index in [-0.39, 0.29) is 29.9 Å². The van der Waals surface area contributed by atoms with Crippen LogP contribution in [0.1, 0.15) is 20.3 Å². The number of nitrogens with zero attached hydrogens (tertiary/aromatic N) is 1. The monoisotopic (exact) mass is 283 g/mol. The van der Waals surface area contributed by atoms with Crippen molar-refractivity contribution >= 4 is 5.78 Å². The summed E-state index contributed by atoms with van der Waals surface area (Å²) < 4.78 is 0.993. The second-order valence-electron chi connectivity index (χ2n) is 4.38. The number of piperidine rings is 1. The molecule has 0 aromatic carbocycles. The summed E-state index contributed by atoms with van der Waals surface area (Å²) >= 11 is 0. The molecule has 3 heteroatoms. The topological polar surface area (TPSA) is 17.1 Å². The van der Waals surface area contributed by atoms with E-state index < -0.39 is 0 Å². The number of carbonyl (C=O) groups excluding carboxylic acids is 1. The number of quaternary nitrogens is 1. The van der Waals surface area contributed by atoms with E-state index in [2.05, 4.69) is 21.0 Å². The first-order valence-corrected chi connectivity index (χ1v) is 4.29. The van der Waals surface area contributed by atoms with E-state index >= 15 is 0 Å². The number of hydrogen-bond donors (Lipinski definition) is 0. The quantitative estimate of drug-likeness (QED) is 0.374. The molecular formula is C9H18INO. The van der Waals surface area contributed by atoms with Gasteiger partial charge >= 0.3 is 0 Å². The molecule has 0 radical (unpaired) electrons. The second-order valence-corrected chi connectivity index (χ2v) is 4.38. The predicted octanol–water partition coefficient (Wildman–Crippen LogP) is -1.94. The minimum atomic E-state index is 0. The van der Waals surface area contributed by atoms with Crippen LogP contribution in [0.5, 0.6) is 0 Å². The van der Waals surface area contributed by atoms with Crippen molar-refractivity contribution in [2.45, 2.75) is 26.3 Å². The third-order valence-corrected chi connectivity index (χ3v) is 2.98. The summed E-state index contributed by atoms with van der Waals surface area (Å²) in [5.74, 6) is 0.705. The van der Waals surface area contributed by atoms with Crippen molar-refractivity contribution in [3.05, 3.63) is 0 Å². The summed E-state index contributed by atoms with van der Waals surface area (Å²) in [5, 5.41) is 0. The van der Waals surface area contributed by atoms with Gasteiger partial charge in [-0.2, -0.15) is 0 Å². The lowest BCUT2D eigenvalue weighted by Gasteiger charge is -2.41. The van der Waals surface area contributed by atoms with Crippen LogP contribution in [0.3, 0.4) is 0 Å². The summed E-state index contributed by atoms with van der Waals surface area (Å²) in [4.78, 5) is 11.3. The maximum atomic E-state index is 11.3. The Kier molecular flexibility index (Phi) is 4.17. The van der Waals surface area contributed by atoms with E-state index in [4.69, 9.17) is 0 Å². The van der Waals surface area contributed by atoms with Gasteiger partial charge in [-0.15, -0.1) is 0 Å². The molecule has 0 amide bonds. The number of Topliss-reactive ketones (excluding diaryl/α,β-unsaturated/α-hetero) is 1. The van der Waals surface area contributed by atoms with Crippen molar-refractivity contribution in [2.75, 3.05) is 20.6 Å². The first-order valence-electron chi connectivity index (χ1n) is 4.29. The van der Waals surface area contributed by atoms with Crippen molar-refractivity contribution in [1.82, 2.24) is 0 Å². The zero-order chi connectivity index (χ0) is 8.65. The molecular weight excluding hydrogens is 265 g/mol. The molecule has 0 spiro atoms. The zero-order valence-corrected chi connectivity index (χ0v) is 10.5. The molecule has 2 atom stereocenters. The van der Waals surface area contributed by atoms with Gasteiger partial charge in [0.2, 0.25) is 0 Å². The van der Waals surface area contributed by atoms with Crippen LogP contribution in [-0.4, -0.2) is 36.9 Å². The van der Waals surface area contributed by atoms with Crippen LogP contribution in [-0.2, 0) is 4.79 Å². The molecule has 1 saturated heterocycles. The fourth-order valence-electron chi connectivity index (χ4n) is 1.73. The lowest BCUT2D eigenvalue weighted by molar-refractivity contribution is -0.917. The highest BCUT2D eigenvalue weighted by atomic mass is 127. The largest absolute Gasteiger partial charge is 1.00 e. The van der Waals surface area contributed by atoms with E-state index in [1.54, 1.807) is 0 Å². The first kappa shape index (κ1) is 12.4. The molecule has 0 aromatic heterocycles. The average Bonchev–Trinajstić information content (AvgIpc) is 1.83. The highest BCUT2D eigenvalue weighted by Gasteiger charge is 2.36. The van der Waals surface area contributed by atoms with Gasteiger partial charge in [0, 0.05) is 0 Å². The molecule has 1 heterocycles. The van der Waals surface area contributed by atoms with Gasteiger partial charge in [0.05, 0.1) is 39.0 Å².